The zero-order valence-electron chi connectivity index (χ0n) is 12.8. The summed E-state index contributed by atoms with van der Waals surface area (Å²) in [6, 6.07) is 4.38. The van der Waals surface area contributed by atoms with Crippen molar-refractivity contribution in [2.24, 2.45) is 11.1 Å². The molecule has 1 rings (SSSR count). The van der Waals surface area contributed by atoms with Crippen molar-refractivity contribution in [1.82, 2.24) is 5.32 Å². The van der Waals surface area contributed by atoms with E-state index in [0.717, 1.165) is 6.42 Å². The van der Waals surface area contributed by atoms with Crippen LogP contribution < -0.4 is 11.1 Å². The van der Waals surface area contributed by atoms with Crippen molar-refractivity contribution in [1.29, 1.82) is 0 Å². The van der Waals surface area contributed by atoms with E-state index in [-0.39, 0.29) is 5.91 Å². The lowest BCUT2D eigenvalue weighted by Gasteiger charge is -2.21. The van der Waals surface area contributed by atoms with Gasteiger partial charge in [-0.3, -0.25) is 4.79 Å². The highest BCUT2D eigenvalue weighted by molar-refractivity contribution is 5.82. The molecule has 3 N–H and O–H groups in total. The zero-order chi connectivity index (χ0) is 14.6. The third kappa shape index (κ3) is 4.06. The van der Waals surface area contributed by atoms with Crippen molar-refractivity contribution in [3.8, 4) is 0 Å². The van der Waals surface area contributed by atoms with E-state index in [0.29, 0.717) is 13.1 Å². The molecule has 0 saturated carbocycles. The summed E-state index contributed by atoms with van der Waals surface area (Å²) in [6.07, 6.45) is 0.865. The fourth-order valence-corrected chi connectivity index (χ4v) is 2.24. The van der Waals surface area contributed by atoms with Crippen LogP contribution in [0.1, 0.15) is 36.1 Å². The molecule has 0 aliphatic heterocycles. The van der Waals surface area contributed by atoms with Gasteiger partial charge in [0, 0.05) is 13.1 Å². The summed E-state index contributed by atoms with van der Waals surface area (Å²) >= 11 is 0. The summed E-state index contributed by atoms with van der Waals surface area (Å²) in [5.41, 5.74) is 10.3. The summed E-state index contributed by atoms with van der Waals surface area (Å²) in [7, 11) is 0. The number of hydrogen-bond donors (Lipinski definition) is 2. The number of hydrogen-bond acceptors (Lipinski definition) is 2. The molecule has 1 aromatic rings. The van der Waals surface area contributed by atoms with Crippen LogP contribution in [0.2, 0.25) is 0 Å². The number of benzene rings is 1. The lowest BCUT2D eigenvalue weighted by atomic mass is 9.92. The van der Waals surface area contributed by atoms with Crippen molar-refractivity contribution in [2.45, 2.75) is 41.0 Å². The third-order valence-electron chi connectivity index (χ3n) is 3.63. The summed E-state index contributed by atoms with van der Waals surface area (Å²) < 4.78 is 0. The van der Waals surface area contributed by atoms with Crippen molar-refractivity contribution in [3.05, 3.63) is 34.4 Å². The van der Waals surface area contributed by atoms with E-state index in [1.807, 2.05) is 13.8 Å². The van der Waals surface area contributed by atoms with Crippen LogP contribution >= 0.6 is 0 Å². The average molecular weight is 262 g/mol. The van der Waals surface area contributed by atoms with Gasteiger partial charge in [0.25, 0.3) is 0 Å². The summed E-state index contributed by atoms with van der Waals surface area (Å²) in [5, 5.41) is 2.97. The SMILES string of the molecule is Cc1cc(C)c(CCNC(=O)C(C)(C)CN)c(C)c1. The number of carbonyl (C=O) groups excluding carboxylic acids is 1. The first-order valence-corrected chi connectivity index (χ1v) is 6.83. The zero-order valence-corrected chi connectivity index (χ0v) is 12.8. The van der Waals surface area contributed by atoms with Gasteiger partial charge in [-0.2, -0.15) is 0 Å². The topological polar surface area (TPSA) is 55.1 Å². The molecule has 0 unspecified atom stereocenters. The van der Waals surface area contributed by atoms with Gasteiger partial charge in [0.2, 0.25) is 5.91 Å². The standard InChI is InChI=1S/C16H26N2O/c1-11-8-12(2)14(13(3)9-11)6-7-18-15(19)16(4,5)10-17/h8-9H,6-7,10,17H2,1-5H3,(H,18,19). The van der Waals surface area contributed by atoms with Crippen molar-refractivity contribution >= 4 is 5.91 Å². The van der Waals surface area contributed by atoms with E-state index < -0.39 is 5.41 Å². The highest BCUT2D eigenvalue weighted by Crippen LogP contribution is 2.17. The molecular weight excluding hydrogens is 236 g/mol. The summed E-state index contributed by atoms with van der Waals surface area (Å²) in [5.74, 6) is 0.0254. The summed E-state index contributed by atoms with van der Waals surface area (Å²) in [6.45, 7) is 11.1. The van der Waals surface area contributed by atoms with Crippen molar-refractivity contribution in [3.63, 3.8) is 0 Å². The highest BCUT2D eigenvalue weighted by Gasteiger charge is 2.25. The van der Waals surface area contributed by atoms with Gasteiger partial charge < -0.3 is 11.1 Å². The molecule has 0 saturated heterocycles. The Morgan fingerprint density at radius 2 is 1.74 bits per heavy atom. The lowest BCUT2D eigenvalue weighted by Crippen LogP contribution is -2.42. The van der Waals surface area contributed by atoms with Gasteiger partial charge in [0.15, 0.2) is 0 Å². The van der Waals surface area contributed by atoms with Crippen LogP contribution in [0.25, 0.3) is 0 Å². The predicted molar refractivity (Wildman–Crippen MR) is 80.2 cm³/mol. The number of nitrogens with one attached hydrogen (secondary N) is 1. The molecule has 3 nitrogen and oxygen atoms in total. The highest BCUT2D eigenvalue weighted by atomic mass is 16.2. The number of rotatable bonds is 5. The fraction of sp³-hybridized carbons (Fsp3) is 0.562. The molecule has 0 radical (unpaired) electrons. The van der Waals surface area contributed by atoms with Crippen LogP contribution in [-0.2, 0) is 11.2 Å². The first-order valence-electron chi connectivity index (χ1n) is 6.83. The van der Waals surface area contributed by atoms with Crippen LogP contribution in [0.5, 0.6) is 0 Å². The Morgan fingerprint density at radius 1 is 1.21 bits per heavy atom. The molecule has 1 amide bonds. The molecule has 3 heteroatoms. The quantitative estimate of drug-likeness (QED) is 0.855. The van der Waals surface area contributed by atoms with Gasteiger partial charge >= 0.3 is 0 Å². The molecule has 0 bridgehead atoms. The molecule has 1 aromatic carbocycles. The van der Waals surface area contributed by atoms with Crippen LogP contribution in [0, 0.1) is 26.2 Å². The smallest absolute Gasteiger partial charge is 0.226 e. The van der Waals surface area contributed by atoms with E-state index in [1.54, 1.807) is 0 Å². The second-order valence-electron chi connectivity index (χ2n) is 5.97. The molecule has 0 heterocycles. The number of aryl methyl sites for hydroxylation is 3. The Morgan fingerprint density at radius 3 is 2.21 bits per heavy atom. The number of amides is 1. The van der Waals surface area contributed by atoms with Gasteiger partial charge in [-0.1, -0.05) is 17.7 Å². The Balaban J connectivity index is 2.62. The maximum absolute atomic E-state index is 11.9. The molecule has 0 atom stereocenters. The van der Waals surface area contributed by atoms with Gasteiger partial charge in [-0.15, -0.1) is 0 Å². The monoisotopic (exact) mass is 262 g/mol. The second kappa shape index (κ2) is 6.20. The molecule has 106 valence electrons. The maximum Gasteiger partial charge on any atom is 0.226 e. The van der Waals surface area contributed by atoms with Crippen LogP contribution in [0.3, 0.4) is 0 Å². The minimum atomic E-state index is -0.489. The molecule has 0 spiro atoms. The minimum absolute atomic E-state index is 0.0254. The normalized spacial score (nSPS) is 11.5. The Labute approximate surface area is 116 Å². The van der Waals surface area contributed by atoms with Gasteiger partial charge in [0.1, 0.15) is 0 Å². The van der Waals surface area contributed by atoms with Crippen LogP contribution in [-0.4, -0.2) is 19.0 Å². The van der Waals surface area contributed by atoms with E-state index in [1.165, 1.54) is 22.3 Å². The molecular formula is C16H26N2O. The van der Waals surface area contributed by atoms with E-state index in [2.05, 4.69) is 38.2 Å². The molecule has 0 fully saturated rings. The van der Waals surface area contributed by atoms with E-state index in [9.17, 15) is 4.79 Å². The maximum atomic E-state index is 11.9. The Kier molecular flexibility index (Phi) is 5.12. The van der Waals surface area contributed by atoms with Crippen LogP contribution in [0.15, 0.2) is 12.1 Å². The van der Waals surface area contributed by atoms with Crippen LogP contribution in [0.4, 0.5) is 0 Å². The predicted octanol–water partition coefficient (Wildman–Crippen LogP) is 2.26. The van der Waals surface area contributed by atoms with Gasteiger partial charge in [0.05, 0.1) is 5.41 Å². The lowest BCUT2D eigenvalue weighted by molar-refractivity contribution is -0.128. The van der Waals surface area contributed by atoms with Crippen molar-refractivity contribution < 1.29 is 4.79 Å². The third-order valence-corrected chi connectivity index (χ3v) is 3.63. The first kappa shape index (κ1) is 15.7. The fourth-order valence-electron chi connectivity index (χ4n) is 2.24. The van der Waals surface area contributed by atoms with Crippen molar-refractivity contribution in [2.75, 3.05) is 13.1 Å². The Hall–Kier alpha value is -1.35. The largest absolute Gasteiger partial charge is 0.355 e. The average Bonchev–Trinajstić information content (AvgIpc) is 2.32. The summed E-state index contributed by atoms with van der Waals surface area (Å²) in [4.78, 5) is 11.9. The molecule has 0 aliphatic rings. The molecule has 19 heavy (non-hydrogen) atoms. The second-order valence-corrected chi connectivity index (χ2v) is 5.97. The Bertz CT molecular complexity index is 441. The minimum Gasteiger partial charge on any atom is -0.355 e. The number of nitrogens with two attached hydrogens (primary N) is 1. The first-order chi connectivity index (χ1) is 8.77. The van der Waals surface area contributed by atoms with Gasteiger partial charge in [-0.05, 0) is 57.7 Å². The van der Waals surface area contributed by atoms with E-state index >= 15 is 0 Å². The van der Waals surface area contributed by atoms with Gasteiger partial charge in [-0.25, -0.2) is 0 Å². The van der Waals surface area contributed by atoms with E-state index in [4.69, 9.17) is 5.73 Å². The number of carbonyl (C=O) groups is 1. The molecule has 0 aliphatic carbocycles. The molecule has 0 aromatic heterocycles.